The van der Waals surface area contributed by atoms with Gasteiger partial charge in [0.25, 0.3) is 0 Å². The molecule has 3 aromatic carbocycles. The van der Waals surface area contributed by atoms with Crippen molar-refractivity contribution in [1.82, 2.24) is 0 Å². The number of benzene rings is 3. The molecule has 0 bridgehead atoms. The Morgan fingerprint density at radius 3 is 2.44 bits per heavy atom. The number of hydrogen-bond acceptors (Lipinski definition) is 8. The third-order valence-corrected chi connectivity index (χ3v) is 4.49. The van der Waals surface area contributed by atoms with Gasteiger partial charge in [0.1, 0.15) is 17.2 Å². The molecule has 1 heterocycles. The van der Waals surface area contributed by atoms with Crippen molar-refractivity contribution in [1.29, 1.82) is 0 Å². The summed E-state index contributed by atoms with van der Waals surface area (Å²) in [6.45, 7) is -0.0811. The van der Waals surface area contributed by atoms with Crippen molar-refractivity contribution in [2.75, 3.05) is 26.2 Å². The third-order valence-electron chi connectivity index (χ3n) is 4.49. The number of nitrogens with zero attached hydrogens (tertiary/aromatic N) is 1. The molecule has 0 spiro atoms. The Morgan fingerprint density at radius 1 is 1.04 bits per heavy atom. The van der Waals surface area contributed by atoms with E-state index in [-0.39, 0.29) is 34.4 Å². The number of methoxy groups -OCH3 is 2. The van der Waals surface area contributed by atoms with Crippen LogP contribution >= 0.6 is 0 Å². The predicted molar refractivity (Wildman–Crippen MR) is 93.7 cm³/mol. The standard InChI is InChI=1S/C18H15NO8/c1-24-8-3-10-9(13(4-8)25-2)5-12(19(22)23)15-11(18(20)21)6-14-17(16(10)15)27-7-26-14/h3-6,22-23H,7H2,1-2H3,(H,20,21). The summed E-state index contributed by atoms with van der Waals surface area (Å²) in [4.78, 5) is 11.8. The molecule has 0 unspecified atom stereocenters. The Kier molecular flexibility index (Phi) is 3.83. The molecule has 3 N–H and O–H groups in total. The van der Waals surface area contributed by atoms with E-state index in [0.717, 1.165) is 0 Å². The Bertz CT molecular complexity index is 1090. The van der Waals surface area contributed by atoms with Crippen molar-refractivity contribution in [2.45, 2.75) is 0 Å². The zero-order chi connectivity index (χ0) is 19.3. The van der Waals surface area contributed by atoms with Crippen LogP contribution in [0, 0.1) is 0 Å². The van der Waals surface area contributed by atoms with Gasteiger partial charge in [0.05, 0.1) is 19.8 Å². The van der Waals surface area contributed by atoms with E-state index in [1.165, 1.54) is 26.4 Å². The van der Waals surface area contributed by atoms with Crippen molar-refractivity contribution in [3.63, 3.8) is 0 Å². The molecule has 0 saturated carbocycles. The fraction of sp³-hybridized carbons (Fsp3) is 0.167. The van der Waals surface area contributed by atoms with Crippen LogP contribution in [0.4, 0.5) is 5.69 Å². The van der Waals surface area contributed by atoms with Crippen LogP contribution in [0.15, 0.2) is 24.3 Å². The number of carboxylic acids is 1. The summed E-state index contributed by atoms with van der Waals surface area (Å²) in [5.74, 6) is 0.187. The maximum atomic E-state index is 11.8. The molecular formula is C18H15NO8. The van der Waals surface area contributed by atoms with Gasteiger partial charge in [0.2, 0.25) is 6.79 Å². The van der Waals surface area contributed by atoms with Gasteiger partial charge in [0, 0.05) is 27.6 Å². The molecule has 0 aromatic heterocycles. The van der Waals surface area contributed by atoms with Gasteiger partial charge < -0.3 is 24.1 Å². The lowest BCUT2D eigenvalue weighted by atomic mass is 9.94. The molecular weight excluding hydrogens is 358 g/mol. The van der Waals surface area contributed by atoms with Crippen LogP contribution in [-0.2, 0) is 0 Å². The van der Waals surface area contributed by atoms with Gasteiger partial charge in [-0.05, 0) is 18.2 Å². The van der Waals surface area contributed by atoms with Gasteiger partial charge in [-0.3, -0.25) is 10.4 Å². The van der Waals surface area contributed by atoms with Crippen LogP contribution in [0.3, 0.4) is 0 Å². The van der Waals surface area contributed by atoms with E-state index in [1.807, 2.05) is 0 Å². The highest BCUT2D eigenvalue weighted by Gasteiger charge is 2.28. The first-order chi connectivity index (χ1) is 13.0. The highest BCUT2D eigenvalue weighted by Crippen LogP contribution is 2.49. The lowest BCUT2D eigenvalue weighted by molar-refractivity contribution is 0.0300. The zero-order valence-corrected chi connectivity index (χ0v) is 14.3. The number of hydrogen-bond donors (Lipinski definition) is 3. The van der Waals surface area contributed by atoms with Crippen molar-refractivity contribution >= 4 is 33.2 Å². The minimum Gasteiger partial charge on any atom is -0.497 e. The molecule has 4 rings (SSSR count). The van der Waals surface area contributed by atoms with Crippen molar-refractivity contribution < 1.29 is 39.3 Å². The van der Waals surface area contributed by atoms with Crippen LogP contribution < -0.4 is 24.2 Å². The fourth-order valence-electron chi connectivity index (χ4n) is 3.34. The Labute approximate surface area is 152 Å². The molecule has 0 amide bonds. The summed E-state index contributed by atoms with van der Waals surface area (Å²) in [7, 11) is 2.96. The second-order valence-electron chi connectivity index (χ2n) is 5.82. The second kappa shape index (κ2) is 6.08. The highest BCUT2D eigenvalue weighted by molar-refractivity contribution is 6.23. The lowest BCUT2D eigenvalue weighted by Crippen LogP contribution is -2.13. The van der Waals surface area contributed by atoms with E-state index in [4.69, 9.17) is 18.9 Å². The zero-order valence-electron chi connectivity index (χ0n) is 14.3. The van der Waals surface area contributed by atoms with Crippen molar-refractivity contribution in [3.05, 3.63) is 29.8 Å². The molecule has 140 valence electrons. The van der Waals surface area contributed by atoms with Gasteiger partial charge >= 0.3 is 5.97 Å². The quantitative estimate of drug-likeness (QED) is 0.468. The molecule has 1 aliphatic heterocycles. The van der Waals surface area contributed by atoms with Crippen LogP contribution in [0.2, 0.25) is 0 Å². The minimum atomic E-state index is -1.25. The van der Waals surface area contributed by atoms with Crippen LogP contribution in [0.5, 0.6) is 23.0 Å². The number of fused-ring (bicyclic) bond motifs is 5. The predicted octanol–water partition coefficient (Wildman–Crippen LogP) is 3.02. The first-order valence-electron chi connectivity index (χ1n) is 7.82. The minimum absolute atomic E-state index is 0.0811. The third kappa shape index (κ3) is 2.44. The maximum Gasteiger partial charge on any atom is 0.336 e. The number of anilines is 1. The van der Waals surface area contributed by atoms with E-state index in [0.29, 0.717) is 33.4 Å². The molecule has 0 aliphatic carbocycles. The topological polar surface area (TPSA) is 118 Å². The normalized spacial score (nSPS) is 12.4. The SMILES string of the molecule is COc1cc(OC)c2cc(N(O)O)c3c(C(=O)O)cc4c(c3c2c1)OCO4. The van der Waals surface area contributed by atoms with Gasteiger partial charge in [-0.1, -0.05) is 0 Å². The number of carboxylic acid groups (broad SMARTS) is 1. The summed E-state index contributed by atoms with van der Waals surface area (Å²) in [5, 5.41) is 30.6. The number of rotatable bonds is 4. The molecule has 0 atom stereocenters. The number of aromatic carboxylic acids is 1. The Balaban J connectivity index is 2.32. The van der Waals surface area contributed by atoms with E-state index >= 15 is 0 Å². The van der Waals surface area contributed by atoms with E-state index in [2.05, 4.69) is 0 Å². The van der Waals surface area contributed by atoms with Gasteiger partial charge in [-0.2, -0.15) is 0 Å². The van der Waals surface area contributed by atoms with Crippen LogP contribution in [0.1, 0.15) is 10.4 Å². The summed E-state index contributed by atoms with van der Waals surface area (Å²) in [5.41, 5.74) is -0.308. The average molecular weight is 373 g/mol. The van der Waals surface area contributed by atoms with Gasteiger partial charge in [-0.25, -0.2) is 4.79 Å². The fourth-order valence-corrected chi connectivity index (χ4v) is 3.34. The molecule has 3 aromatic rings. The molecule has 0 fully saturated rings. The van der Waals surface area contributed by atoms with E-state index in [9.17, 15) is 20.3 Å². The second-order valence-corrected chi connectivity index (χ2v) is 5.82. The molecule has 9 nitrogen and oxygen atoms in total. The van der Waals surface area contributed by atoms with Crippen molar-refractivity contribution in [2.24, 2.45) is 0 Å². The molecule has 0 radical (unpaired) electrons. The first-order valence-corrected chi connectivity index (χ1v) is 7.82. The smallest absolute Gasteiger partial charge is 0.336 e. The Morgan fingerprint density at radius 2 is 1.81 bits per heavy atom. The molecule has 0 saturated heterocycles. The summed E-state index contributed by atoms with van der Waals surface area (Å²) in [6.07, 6.45) is 0. The van der Waals surface area contributed by atoms with E-state index < -0.39 is 5.97 Å². The summed E-state index contributed by atoms with van der Waals surface area (Å²) < 4.78 is 21.6. The van der Waals surface area contributed by atoms with Gasteiger partial charge in [-0.15, -0.1) is 5.23 Å². The average Bonchev–Trinajstić information content (AvgIpc) is 3.13. The van der Waals surface area contributed by atoms with Crippen LogP contribution in [0.25, 0.3) is 21.5 Å². The molecule has 9 heteroatoms. The van der Waals surface area contributed by atoms with Crippen molar-refractivity contribution in [3.8, 4) is 23.0 Å². The molecule has 1 aliphatic rings. The van der Waals surface area contributed by atoms with Gasteiger partial charge in [0.15, 0.2) is 11.5 Å². The van der Waals surface area contributed by atoms with E-state index in [1.54, 1.807) is 12.1 Å². The largest absolute Gasteiger partial charge is 0.497 e. The maximum absolute atomic E-state index is 11.8. The molecule has 27 heavy (non-hydrogen) atoms. The number of ether oxygens (including phenoxy) is 4. The highest BCUT2D eigenvalue weighted by atomic mass is 16.8. The Hall–Kier alpha value is -3.43. The monoisotopic (exact) mass is 373 g/mol. The first kappa shape index (κ1) is 17.0. The lowest BCUT2D eigenvalue weighted by Gasteiger charge is -2.18. The number of carbonyl (C=O) groups is 1. The van der Waals surface area contributed by atoms with Crippen LogP contribution in [-0.4, -0.2) is 42.5 Å². The summed E-state index contributed by atoms with van der Waals surface area (Å²) >= 11 is 0. The summed E-state index contributed by atoms with van der Waals surface area (Å²) in [6, 6.07) is 6.04.